The van der Waals surface area contributed by atoms with Crippen molar-refractivity contribution in [3.63, 3.8) is 0 Å². The van der Waals surface area contributed by atoms with E-state index in [0.29, 0.717) is 5.92 Å². The van der Waals surface area contributed by atoms with Crippen LogP contribution >= 0.6 is 0 Å². The molecular formula is C15H17NO. The van der Waals surface area contributed by atoms with Gasteiger partial charge in [-0.1, -0.05) is 24.3 Å². The molecule has 0 saturated heterocycles. The van der Waals surface area contributed by atoms with Crippen molar-refractivity contribution >= 4 is 0 Å². The summed E-state index contributed by atoms with van der Waals surface area (Å²) in [6.45, 7) is 0. The molecule has 2 aromatic rings. The Bertz CT molecular complexity index is 525. The van der Waals surface area contributed by atoms with Gasteiger partial charge in [0.1, 0.15) is 0 Å². The number of hydrogen-bond donors (Lipinski definition) is 1. The molecule has 0 aliphatic heterocycles. The second-order valence-electron chi connectivity index (χ2n) is 4.87. The van der Waals surface area contributed by atoms with Crippen LogP contribution in [0.2, 0.25) is 0 Å². The van der Waals surface area contributed by atoms with Gasteiger partial charge >= 0.3 is 0 Å². The van der Waals surface area contributed by atoms with Crippen LogP contribution in [0.25, 0.3) is 11.3 Å². The lowest BCUT2D eigenvalue weighted by atomic mass is 9.97. The third kappa shape index (κ3) is 1.89. The van der Waals surface area contributed by atoms with E-state index in [-0.39, 0.29) is 6.10 Å². The van der Waals surface area contributed by atoms with Crippen molar-refractivity contribution in [3.05, 3.63) is 48.2 Å². The van der Waals surface area contributed by atoms with Crippen molar-refractivity contribution in [2.75, 3.05) is 0 Å². The number of aromatic nitrogens is 1. The smallest absolute Gasteiger partial charge is 0.0824 e. The van der Waals surface area contributed by atoms with Crippen LogP contribution in [0.4, 0.5) is 0 Å². The summed E-state index contributed by atoms with van der Waals surface area (Å²) in [5.41, 5.74) is 3.39. The van der Waals surface area contributed by atoms with E-state index >= 15 is 0 Å². The molecule has 1 aliphatic rings. The van der Waals surface area contributed by atoms with Gasteiger partial charge in [0, 0.05) is 24.5 Å². The van der Waals surface area contributed by atoms with Gasteiger partial charge in [0.15, 0.2) is 0 Å². The number of benzene rings is 1. The first kappa shape index (κ1) is 10.6. The van der Waals surface area contributed by atoms with E-state index in [4.69, 9.17) is 0 Å². The SMILES string of the molecule is Cn1cccc1-c1ccccc1C(O)C1CC1. The highest BCUT2D eigenvalue weighted by Crippen LogP contribution is 2.43. The zero-order valence-corrected chi connectivity index (χ0v) is 10.0. The standard InChI is InChI=1S/C15H17NO/c1-16-10-4-7-14(16)12-5-2-3-6-13(12)15(17)11-8-9-11/h2-7,10-11,15,17H,8-9H2,1H3. The van der Waals surface area contributed by atoms with Crippen molar-refractivity contribution in [2.24, 2.45) is 13.0 Å². The van der Waals surface area contributed by atoms with E-state index in [1.165, 1.54) is 5.69 Å². The Labute approximate surface area is 102 Å². The number of rotatable bonds is 3. The molecule has 0 spiro atoms. The summed E-state index contributed by atoms with van der Waals surface area (Å²) < 4.78 is 2.10. The lowest BCUT2D eigenvalue weighted by Crippen LogP contribution is -2.03. The van der Waals surface area contributed by atoms with Gasteiger partial charge in [-0.15, -0.1) is 0 Å². The minimum atomic E-state index is -0.305. The fourth-order valence-electron chi connectivity index (χ4n) is 2.40. The van der Waals surface area contributed by atoms with E-state index in [1.807, 2.05) is 37.5 Å². The highest BCUT2D eigenvalue weighted by molar-refractivity contribution is 5.65. The normalized spacial score (nSPS) is 17.1. The Morgan fingerprint density at radius 1 is 1.18 bits per heavy atom. The van der Waals surface area contributed by atoms with Crippen molar-refractivity contribution in [1.29, 1.82) is 0 Å². The number of aliphatic hydroxyl groups is 1. The topological polar surface area (TPSA) is 25.2 Å². The first-order chi connectivity index (χ1) is 8.27. The summed E-state index contributed by atoms with van der Waals surface area (Å²) in [6, 6.07) is 12.3. The van der Waals surface area contributed by atoms with Gasteiger partial charge in [0.2, 0.25) is 0 Å². The van der Waals surface area contributed by atoms with E-state index in [2.05, 4.69) is 16.7 Å². The van der Waals surface area contributed by atoms with Crippen LogP contribution in [-0.2, 0) is 7.05 Å². The van der Waals surface area contributed by atoms with Gasteiger partial charge in [-0.25, -0.2) is 0 Å². The maximum Gasteiger partial charge on any atom is 0.0824 e. The van der Waals surface area contributed by atoms with Crippen molar-refractivity contribution in [2.45, 2.75) is 18.9 Å². The zero-order chi connectivity index (χ0) is 11.8. The van der Waals surface area contributed by atoms with Crippen molar-refractivity contribution < 1.29 is 5.11 Å². The molecule has 1 atom stereocenters. The maximum absolute atomic E-state index is 10.3. The minimum absolute atomic E-state index is 0.305. The predicted octanol–water partition coefficient (Wildman–Crippen LogP) is 3.14. The molecule has 2 nitrogen and oxygen atoms in total. The molecule has 0 bridgehead atoms. The fraction of sp³-hybridized carbons (Fsp3) is 0.333. The number of aryl methyl sites for hydroxylation is 1. The lowest BCUT2D eigenvalue weighted by molar-refractivity contribution is 0.154. The Morgan fingerprint density at radius 2 is 1.94 bits per heavy atom. The Kier molecular flexibility index (Phi) is 2.52. The molecule has 17 heavy (non-hydrogen) atoms. The first-order valence-corrected chi connectivity index (χ1v) is 6.16. The Hall–Kier alpha value is -1.54. The summed E-state index contributed by atoms with van der Waals surface area (Å²) in [5, 5.41) is 10.3. The van der Waals surface area contributed by atoms with Crippen molar-refractivity contribution in [3.8, 4) is 11.3 Å². The van der Waals surface area contributed by atoms with Crippen LogP contribution in [0.3, 0.4) is 0 Å². The van der Waals surface area contributed by atoms with Gasteiger partial charge in [0.05, 0.1) is 6.10 Å². The second kappa shape index (κ2) is 4.04. The highest BCUT2D eigenvalue weighted by atomic mass is 16.3. The van der Waals surface area contributed by atoms with Gasteiger partial charge in [-0.3, -0.25) is 0 Å². The average molecular weight is 227 g/mol. The van der Waals surface area contributed by atoms with Crippen molar-refractivity contribution in [1.82, 2.24) is 4.57 Å². The summed E-state index contributed by atoms with van der Waals surface area (Å²) in [4.78, 5) is 0. The Balaban J connectivity index is 2.07. The van der Waals surface area contributed by atoms with Crippen LogP contribution in [0.1, 0.15) is 24.5 Å². The average Bonchev–Trinajstić information content (AvgIpc) is 3.11. The number of aliphatic hydroxyl groups excluding tert-OH is 1. The zero-order valence-electron chi connectivity index (χ0n) is 10.0. The maximum atomic E-state index is 10.3. The summed E-state index contributed by atoms with van der Waals surface area (Å²) in [7, 11) is 2.04. The fourth-order valence-corrected chi connectivity index (χ4v) is 2.40. The Morgan fingerprint density at radius 3 is 2.59 bits per heavy atom. The monoisotopic (exact) mass is 227 g/mol. The van der Waals surface area contributed by atoms with Gasteiger partial charge < -0.3 is 9.67 Å². The van der Waals surface area contributed by atoms with Crippen LogP contribution in [0.5, 0.6) is 0 Å². The summed E-state index contributed by atoms with van der Waals surface area (Å²) in [6.07, 6.45) is 4.04. The number of nitrogens with zero attached hydrogens (tertiary/aromatic N) is 1. The van der Waals surface area contributed by atoms with Gasteiger partial charge in [0.25, 0.3) is 0 Å². The minimum Gasteiger partial charge on any atom is -0.388 e. The molecule has 1 heterocycles. The van der Waals surface area contributed by atoms with E-state index in [9.17, 15) is 5.11 Å². The quantitative estimate of drug-likeness (QED) is 0.856. The van der Waals surface area contributed by atoms with Crippen LogP contribution < -0.4 is 0 Å². The third-order valence-corrected chi connectivity index (χ3v) is 3.57. The molecule has 1 saturated carbocycles. The van der Waals surface area contributed by atoms with Gasteiger partial charge in [-0.2, -0.15) is 0 Å². The largest absolute Gasteiger partial charge is 0.388 e. The number of hydrogen-bond acceptors (Lipinski definition) is 1. The summed E-state index contributed by atoms with van der Waals surface area (Å²) >= 11 is 0. The molecule has 1 fully saturated rings. The van der Waals surface area contributed by atoms with Crippen LogP contribution in [0, 0.1) is 5.92 Å². The first-order valence-electron chi connectivity index (χ1n) is 6.16. The molecule has 2 heteroatoms. The lowest BCUT2D eigenvalue weighted by Gasteiger charge is -2.15. The molecule has 88 valence electrons. The molecule has 1 aliphatic carbocycles. The van der Waals surface area contributed by atoms with E-state index < -0.39 is 0 Å². The van der Waals surface area contributed by atoms with Crippen LogP contribution in [-0.4, -0.2) is 9.67 Å². The molecule has 0 amide bonds. The van der Waals surface area contributed by atoms with E-state index in [1.54, 1.807) is 0 Å². The predicted molar refractivity (Wildman–Crippen MR) is 68.5 cm³/mol. The summed E-state index contributed by atoms with van der Waals surface area (Å²) in [5.74, 6) is 0.469. The molecule has 3 rings (SSSR count). The van der Waals surface area contributed by atoms with Crippen LogP contribution in [0.15, 0.2) is 42.6 Å². The molecule has 1 aromatic carbocycles. The van der Waals surface area contributed by atoms with E-state index in [0.717, 1.165) is 24.0 Å². The molecule has 1 unspecified atom stereocenters. The molecule has 1 aromatic heterocycles. The third-order valence-electron chi connectivity index (χ3n) is 3.57. The highest BCUT2D eigenvalue weighted by Gasteiger charge is 2.32. The van der Waals surface area contributed by atoms with Gasteiger partial charge in [-0.05, 0) is 36.5 Å². The second-order valence-corrected chi connectivity index (χ2v) is 4.87. The molecule has 1 N–H and O–H groups in total. The molecule has 0 radical (unpaired) electrons. The molecular weight excluding hydrogens is 210 g/mol.